The van der Waals surface area contributed by atoms with Gasteiger partial charge in [-0.1, -0.05) is 12.1 Å². The highest BCUT2D eigenvalue weighted by atomic mass is 19.1. The van der Waals surface area contributed by atoms with Crippen molar-refractivity contribution < 1.29 is 23.5 Å². The minimum Gasteiger partial charge on any atom is -0.444 e. The number of ether oxygens (including phenoxy) is 1. The molecule has 35 heavy (non-hydrogen) atoms. The number of aromatic nitrogens is 1. The number of pyridine rings is 1. The van der Waals surface area contributed by atoms with Crippen LogP contribution >= 0.6 is 0 Å². The minimum absolute atomic E-state index is 0.109. The first kappa shape index (κ1) is 24.1. The zero-order valence-corrected chi connectivity index (χ0v) is 19.7. The van der Waals surface area contributed by atoms with Crippen molar-refractivity contribution in [1.82, 2.24) is 9.88 Å². The van der Waals surface area contributed by atoms with Crippen molar-refractivity contribution in [2.24, 2.45) is 11.7 Å². The van der Waals surface area contributed by atoms with Crippen LogP contribution in [-0.4, -0.2) is 46.5 Å². The third-order valence-corrected chi connectivity index (χ3v) is 5.88. The number of rotatable bonds is 4. The van der Waals surface area contributed by atoms with Crippen LogP contribution in [0.1, 0.15) is 42.6 Å². The first-order valence-electron chi connectivity index (χ1n) is 11.3. The summed E-state index contributed by atoms with van der Waals surface area (Å²) in [5.74, 6) is -2.49. The highest BCUT2D eigenvalue weighted by Crippen LogP contribution is 2.35. The molecule has 1 fully saturated rings. The van der Waals surface area contributed by atoms with E-state index in [1.807, 2.05) is 0 Å². The predicted molar refractivity (Wildman–Crippen MR) is 129 cm³/mol. The largest absolute Gasteiger partial charge is 0.444 e. The van der Waals surface area contributed by atoms with E-state index in [0.717, 1.165) is 0 Å². The van der Waals surface area contributed by atoms with Crippen LogP contribution in [-0.2, 0) is 9.53 Å². The number of likely N-dealkylation sites (tertiary alicyclic amines) is 1. The van der Waals surface area contributed by atoms with E-state index in [4.69, 9.17) is 10.5 Å². The van der Waals surface area contributed by atoms with Crippen molar-refractivity contribution in [3.05, 3.63) is 71.7 Å². The summed E-state index contributed by atoms with van der Waals surface area (Å²) >= 11 is 0. The van der Waals surface area contributed by atoms with Gasteiger partial charge in [0, 0.05) is 30.6 Å². The molecule has 4 rings (SSSR count). The average molecular weight is 479 g/mol. The van der Waals surface area contributed by atoms with Crippen LogP contribution in [0.25, 0.3) is 10.9 Å². The second kappa shape index (κ2) is 9.32. The molecule has 3 amide bonds. The number of nitrogens with two attached hydrogens (primary N) is 1. The molecule has 3 aromatic rings. The summed E-state index contributed by atoms with van der Waals surface area (Å²) < 4.78 is 19.5. The van der Waals surface area contributed by atoms with Gasteiger partial charge in [0.2, 0.25) is 5.91 Å². The normalized spacial score (nSPS) is 17.9. The number of nitrogens with one attached hydrogen (secondary N) is 1. The smallest absolute Gasteiger partial charge is 0.410 e. The maximum Gasteiger partial charge on any atom is 0.410 e. The van der Waals surface area contributed by atoms with Gasteiger partial charge in [-0.25, -0.2) is 9.18 Å². The quantitative estimate of drug-likeness (QED) is 0.587. The molecule has 0 spiro atoms. The number of primary amides is 1. The molecule has 0 radical (unpaired) electrons. The molecular weight excluding hydrogens is 451 g/mol. The lowest BCUT2D eigenvalue weighted by Crippen LogP contribution is -2.36. The Hall–Kier alpha value is -4.01. The number of halogens is 1. The number of nitrogens with zero attached hydrogens (tertiary/aromatic N) is 2. The van der Waals surface area contributed by atoms with Crippen molar-refractivity contribution in [2.45, 2.75) is 32.3 Å². The van der Waals surface area contributed by atoms with Gasteiger partial charge in [0.25, 0.3) is 5.91 Å². The lowest BCUT2D eigenvalue weighted by molar-refractivity contribution is -0.119. The van der Waals surface area contributed by atoms with E-state index in [2.05, 4.69) is 10.3 Å². The first-order valence-corrected chi connectivity index (χ1v) is 11.3. The van der Waals surface area contributed by atoms with Crippen LogP contribution in [0.15, 0.2) is 54.7 Å². The van der Waals surface area contributed by atoms with Crippen LogP contribution < -0.4 is 11.1 Å². The zero-order valence-electron chi connectivity index (χ0n) is 19.7. The van der Waals surface area contributed by atoms with Gasteiger partial charge in [-0.2, -0.15) is 0 Å². The number of amides is 3. The topological polar surface area (TPSA) is 115 Å². The maximum absolute atomic E-state index is 14.0. The standard InChI is InChI=1S/C26H27FN4O4/c1-26(2,3)35-25(34)31-13-19(15-6-4-7-16(27)12-15)20(14-31)24(33)30-21-10-9-18(23(28)32)22-17(21)8-5-11-29-22/h4-12,19-20H,13-14H2,1-3H3,(H2,28,32)(H,30,33)/t19-,20?/m1/s1. The molecule has 1 saturated heterocycles. The lowest BCUT2D eigenvalue weighted by Gasteiger charge is -2.24. The molecule has 0 saturated carbocycles. The Kier molecular flexibility index (Phi) is 6.43. The van der Waals surface area contributed by atoms with Gasteiger partial charge in [-0.15, -0.1) is 0 Å². The second-order valence-electron chi connectivity index (χ2n) is 9.57. The van der Waals surface area contributed by atoms with Gasteiger partial charge in [0.1, 0.15) is 11.4 Å². The molecule has 2 atom stereocenters. The van der Waals surface area contributed by atoms with E-state index in [9.17, 15) is 18.8 Å². The van der Waals surface area contributed by atoms with E-state index >= 15 is 0 Å². The second-order valence-corrected chi connectivity index (χ2v) is 9.57. The van der Waals surface area contributed by atoms with Crippen molar-refractivity contribution >= 4 is 34.5 Å². The van der Waals surface area contributed by atoms with Gasteiger partial charge < -0.3 is 20.7 Å². The maximum atomic E-state index is 14.0. The number of hydrogen-bond acceptors (Lipinski definition) is 5. The predicted octanol–water partition coefficient (Wildman–Crippen LogP) is 4.06. The highest BCUT2D eigenvalue weighted by molar-refractivity contribution is 6.10. The molecule has 3 N–H and O–H groups in total. The van der Waals surface area contributed by atoms with Crippen LogP contribution in [0, 0.1) is 11.7 Å². The molecule has 0 bridgehead atoms. The zero-order chi connectivity index (χ0) is 25.3. The van der Waals surface area contributed by atoms with Gasteiger partial charge in [0.15, 0.2) is 0 Å². The van der Waals surface area contributed by atoms with Crippen LogP contribution in [0.4, 0.5) is 14.9 Å². The Balaban J connectivity index is 1.65. The Morgan fingerprint density at radius 2 is 1.89 bits per heavy atom. The van der Waals surface area contributed by atoms with Gasteiger partial charge >= 0.3 is 6.09 Å². The molecule has 2 aromatic carbocycles. The molecule has 1 aliphatic heterocycles. The number of hydrogen-bond donors (Lipinski definition) is 2. The molecule has 1 aliphatic rings. The van der Waals surface area contributed by atoms with E-state index in [1.165, 1.54) is 29.3 Å². The van der Waals surface area contributed by atoms with E-state index in [1.54, 1.807) is 51.1 Å². The fourth-order valence-corrected chi connectivity index (χ4v) is 4.33. The third-order valence-electron chi connectivity index (χ3n) is 5.88. The van der Waals surface area contributed by atoms with Gasteiger partial charge in [0.05, 0.1) is 22.7 Å². The molecule has 9 heteroatoms. The number of benzene rings is 2. The van der Waals surface area contributed by atoms with Crippen molar-refractivity contribution in [3.8, 4) is 0 Å². The molecular formula is C26H27FN4O4. The fourth-order valence-electron chi connectivity index (χ4n) is 4.33. The van der Waals surface area contributed by atoms with Crippen molar-refractivity contribution in [1.29, 1.82) is 0 Å². The van der Waals surface area contributed by atoms with Crippen LogP contribution in [0.5, 0.6) is 0 Å². The molecule has 1 unspecified atom stereocenters. The summed E-state index contributed by atoms with van der Waals surface area (Å²) in [6, 6.07) is 12.6. The van der Waals surface area contributed by atoms with Gasteiger partial charge in [-0.05, 0) is 62.7 Å². The number of carbonyl (C=O) groups is 3. The number of anilines is 1. The summed E-state index contributed by atoms with van der Waals surface area (Å²) in [5, 5.41) is 3.47. The summed E-state index contributed by atoms with van der Waals surface area (Å²) in [7, 11) is 0. The SMILES string of the molecule is CC(C)(C)OC(=O)N1CC(C(=O)Nc2ccc(C(N)=O)c3ncccc23)[C@@H](c2cccc(F)c2)C1. The molecule has 182 valence electrons. The Morgan fingerprint density at radius 3 is 2.57 bits per heavy atom. The van der Waals surface area contributed by atoms with Crippen molar-refractivity contribution in [3.63, 3.8) is 0 Å². The molecule has 0 aliphatic carbocycles. The summed E-state index contributed by atoms with van der Waals surface area (Å²) in [6.45, 7) is 5.62. The van der Waals surface area contributed by atoms with Crippen molar-refractivity contribution in [2.75, 3.05) is 18.4 Å². The van der Waals surface area contributed by atoms with Crippen LogP contribution in [0.2, 0.25) is 0 Å². The van der Waals surface area contributed by atoms with Crippen LogP contribution in [0.3, 0.4) is 0 Å². The molecule has 2 heterocycles. The van der Waals surface area contributed by atoms with E-state index < -0.39 is 35.3 Å². The number of carbonyl (C=O) groups excluding carboxylic acids is 3. The third kappa shape index (κ3) is 5.24. The first-order chi connectivity index (χ1) is 16.5. The molecule has 8 nitrogen and oxygen atoms in total. The average Bonchev–Trinajstić information content (AvgIpc) is 3.24. The van der Waals surface area contributed by atoms with E-state index in [0.29, 0.717) is 22.2 Å². The Labute approximate surface area is 202 Å². The summed E-state index contributed by atoms with van der Waals surface area (Å²) in [6.07, 6.45) is 1.01. The fraction of sp³-hybridized carbons (Fsp3) is 0.308. The van der Waals surface area contributed by atoms with E-state index in [-0.39, 0.29) is 24.6 Å². The summed E-state index contributed by atoms with van der Waals surface area (Å²) in [4.78, 5) is 43.8. The Morgan fingerprint density at radius 1 is 1.11 bits per heavy atom. The lowest BCUT2D eigenvalue weighted by atomic mass is 9.88. The minimum atomic E-state index is -0.695. The summed E-state index contributed by atoms with van der Waals surface area (Å²) in [5.41, 5.74) is 6.46. The highest BCUT2D eigenvalue weighted by Gasteiger charge is 2.42. The molecule has 1 aromatic heterocycles. The number of fused-ring (bicyclic) bond motifs is 1. The monoisotopic (exact) mass is 478 g/mol. The van der Waals surface area contributed by atoms with Gasteiger partial charge in [-0.3, -0.25) is 14.6 Å². The Bertz CT molecular complexity index is 1300.